The molecule has 0 aliphatic heterocycles. The second-order valence-electron chi connectivity index (χ2n) is 5.95. The van der Waals surface area contributed by atoms with E-state index in [1.54, 1.807) is 6.92 Å². The molecular formula is C15H26N2O2S. The van der Waals surface area contributed by atoms with Crippen LogP contribution in [0.25, 0.3) is 0 Å². The molecule has 2 amide bonds. The average molecular weight is 298 g/mol. The first kappa shape index (κ1) is 17.0. The van der Waals surface area contributed by atoms with Gasteiger partial charge in [-0.1, -0.05) is 19.9 Å². The highest BCUT2D eigenvalue weighted by Gasteiger charge is 2.24. The smallest absolute Gasteiger partial charge is 0.315 e. The van der Waals surface area contributed by atoms with E-state index < -0.39 is 5.60 Å². The first-order valence-corrected chi connectivity index (χ1v) is 8.00. The van der Waals surface area contributed by atoms with Crippen molar-refractivity contribution in [1.82, 2.24) is 10.6 Å². The molecule has 0 aromatic carbocycles. The van der Waals surface area contributed by atoms with Crippen molar-refractivity contribution in [1.29, 1.82) is 0 Å². The van der Waals surface area contributed by atoms with Crippen LogP contribution in [0.3, 0.4) is 0 Å². The molecule has 0 bridgehead atoms. The van der Waals surface area contributed by atoms with Gasteiger partial charge in [0, 0.05) is 10.9 Å². The maximum atomic E-state index is 11.8. The molecule has 2 unspecified atom stereocenters. The van der Waals surface area contributed by atoms with Gasteiger partial charge in [-0.2, -0.15) is 0 Å². The lowest BCUT2D eigenvalue weighted by molar-refractivity contribution is 0.0630. The van der Waals surface area contributed by atoms with Crippen molar-refractivity contribution in [2.45, 2.75) is 52.2 Å². The molecule has 1 rings (SSSR count). The molecule has 2 atom stereocenters. The van der Waals surface area contributed by atoms with E-state index in [0.29, 0.717) is 5.92 Å². The number of amides is 2. The van der Waals surface area contributed by atoms with Gasteiger partial charge in [-0.3, -0.25) is 0 Å². The van der Waals surface area contributed by atoms with E-state index in [4.69, 9.17) is 0 Å². The molecule has 20 heavy (non-hydrogen) atoms. The highest BCUT2D eigenvalue weighted by atomic mass is 32.1. The summed E-state index contributed by atoms with van der Waals surface area (Å²) in [6, 6.07) is 3.68. The van der Waals surface area contributed by atoms with E-state index in [9.17, 15) is 9.90 Å². The minimum absolute atomic E-state index is 0.143. The summed E-state index contributed by atoms with van der Waals surface area (Å²) in [5.74, 6) is 0.641. The van der Waals surface area contributed by atoms with Crippen LogP contribution in [0.2, 0.25) is 0 Å². The summed E-state index contributed by atoms with van der Waals surface area (Å²) < 4.78 is 0. The third-order valence-corrected chi connectivity index (χ3v) is 4.32. The minimum Gasteiger partial charge on any atom is -0.383 e. The van der Waals surface area contributed by atoms with Crippen LogP contribution in [0.5, 0.6) is 0 Å². The molecule has 0 fully saturated rings. The van der Waals surface area contributed by atoms with E-state index in [2.05, 4.69) is 24.5 Å². The topological polar surface area (TPSA) is 61.4 Å². The number of rotatable bonds is 7. The molecule has 0 aliphatic carbocycles. The zero-order valence-corrected chi connectivity index (χ0v) is 13.6. The van der Waals surface area contributed by atoms with Crippen LogP contribution in [-0.4, -0.2) is 23.7 Å². The lowest BCUT2D eigenvalue weighted by Gasteiger charge is -2.23. The second kappa shape index (κ2) is 7.64. The summed E-state index contributed by atoms with van der Waals surface area (Å²) in [7, 11) is 0. The number of hydrogen-bond acceptors (Lipinski definition) is 3. The highest BCUT2D eigenvalue weighted by molar-refractivity contribution is 7.10. The molecule has 4 nitrogen and oxygen atoms in total. The van der Waals surface area contributed by atoms with Crippen LogP contribution in [0.4, 0.5) is 4.79 Å². The molecule has 1 heterocycles. The molecule has 0 saturated heterocycles. The maximum absolute atomic E-state index is 11.8. The van der Waals surface area contributed by atoms with Gasteiger partial charge in [-0.15, -0.1) is 11.3 Å². The SMILES string of the molecule is CC(C)CCC(C)NC(=O)NCC(C)(O)c1cccs1. The third-order valence-electron chi connectivity index (χ3n) is 3.20. The van der Waals surface area contributed by atoms with Crippen molar-refractivity contribution in [2.24, 2.45) is 5.92 Å². The predicted octanol–water partition coefficient (Wildman–Crippen LogP) is 3.08. The maximum Gasteiger partial charge on any atom is 0.315 e. The Morgan fingerprint density at radius 2 is 2.10 bits per heavy atom. The summed E-state index contributed by atoms with van der Waals surface area (Å²) in [4.78, 5) is 12.6. The van der Waals surface area contributed by atoms with Crippen LogP contribution in [-0.2, 0) is 5.60 Å². The van der Waals surface area contributed by atoms with Gasteiger partial charge in [0.25, 0.3) is 0 Å². The van der Waals surface area contributed by atoms with Crippen LogP contribution in [0.15, 0.2) is 17.5 Å². The van der Waals surface area contributed by atoms with Crippen molar-refractivity contribution in [2.75, 3.05) is 6.54 Å². The highest BCUT2D eigenvalue weighted by Crippen LogP contribution is 2.24. The molecule has 1 aromatic rings. The molecule has 1 aromatic heterocycles. The fourth-order valence-corrected chi connectivity index (χ4v) is 2.64. The Morgan fingerprint density at radius 1 is 1.40 bits per heavy atom. The van der Waals surface area contributed by atoms with E-state index >= 15 is 0 Å². The van der Waals surface area contributed by atoms with Crippen molar-refractivity contribution < 1.29 is 9.90 Å². The minimum atomic E-state index is -1.02. The fourth-order valence-electron chi connectivity index (χ4n) is 1.85. The Hall–Kier alpha value is -1.07. The lowest BCUT2D eigenvalue weighted by atomic mass is 10.0. The van der Waals surface area contributed by atoms with Crippen molar-refractivity contribution >= 4 is 17.4 Å². The first-order valence-electron chi connectivity index (χ1n) is 7.12. The van der Waals surface area contributed by atoms with Crippen LogP contribution in [0.1, 0.15) is 45.4 Å². The zero-order chi connectivity index (χ0) is 15.2. The van der Waals surface area contributed by atoms with Crippen LogP contribution >= 0.6 is 11.3 Å². The lowest BCUT2D eigenvalue weighted by Crippen LogP contribution is -2.45. The van der Waals surface area contributed by atoms with Crippen molar-refractivity contribution in [3.05, 3.63) is 22.4 Å². The third kappa shape index (κ3) is 5.92. The fraction of sp³-hybridized carbons (Fsp3) is 0.667. The van der Waals surface area contributed by atoms with Crippen molar-refractivity contribution in [3.63, 3.8) is 0 Å². The number of aliphatic hydroxyl groups is 1. The van der Waals surface area contributed by atoms with Gasteiger partial charge in [0.05, 0.1) is 6.54 Å². The predicted molar refractivity (Wildman–Crippen MR) is 84.0 cm³/mol. The van der Waals surface area contributed by atoms with Gasteiger partial charge in [0.15, 0.2) is 0 Å². The number of nitrogens with one attached hydrogen (secondary N) is 2. The van der Waals surface area contributed by atoms with Crippen LogP contribution < -0.4 is 10.6 Å². The average Bonchev–Trinajstić information content (AvgIpc) is 2.88. The van der Waals surface area contributed by atoms with Crippen LogP contribution in [0, 0.1) is 5.92 Å². The second-order valence-corrected chi connectivity index (χ2v) is 6.90. The van der Waals surface area contributed by atoms with E-state index in [0.717, 1.165) is 17.7 Å². The Kier molecular flexibility index (Phi) is 6.49. The molecule has 0 spiro atoms. The Labute approximate surface area is 125 Å². The van der Waals surface area contributed by atoms with E-state index in [1.807, 2.05) is 24.4 Å². The quantitative estimate of drug-likeness (QED) is 0.724. The van der Waals surface area contributed by atoms with Gasteiger partial charge in [0.1, 0.15) is 5.60 Å². The number of carbonyl (C=O) groups is 1. The molecule has 0 radical (unpaired) electrons. The van der Waals surface area contributed by atoms with Gasteiger partial charge in [-0.25, -0.2) is 4.79 Å². The summed E-state index contributed by atoms with van der Waals surface area (Å²) >= 11 is 1.49. The van der Waals surface area contributed by atoms with Gasteiger partial charge < -0.3 is 15.7 Å². The van der Waals surface area contributed by atoms with Gasteiger partial charge >= 0.3 is 6.03 Å². The van der Waals surface area contributed by atoms with E-state index in [1.165, 1.54) is 11.3 Å². The summed E-state index contributed by atoms with van der Waals surface area (Å²) in [5, 5.41) is 17.8. The van der Waals surface area contributed by atoms with E-state index in [-0.39, 0.29) is 18.6 Å². The molecule has 5 heteroatoms. The standard InChI is InChI=1S/C15H26N2O2S/c1-11(2)7-8-12(3)17-14(18)16-10-15(4,19)13-6-5-9-20-13/h5-6,9,11-12,19H,7-8,10H2,1-4H3,(H2,16,17,18). The molecule has 0 saturated carbocycles. The first-order chi connectivity index (χ1) is 9.31. The molecule has 3 N–H and O–H groups in total. The van der Waals surface area contributed by atoms with Crippen molar-refractivity contribution in [3.8, 4) is 0 Å². The zero-order valence-electron chi connectivity index (χ0n) is 12.8. The van der Waals surface area contributed by atoms with Gasteiger partial charge in [-0.05, 0) is 44.1 Å². The number of urea groups is 1. The Balaban J connectivity index is 2.32. The molecular weight excluding hydrogens is 272 g/mol. The normalized spacial score (nSPS) is 15.7. The summed E-state index contributed by atoms with van der Waals surface area (Å²) in [5.41, 5.74) is -1.02. The molecule has 114 valence electrons. The van der Waals surface area contributed by atoms with Gasteiger partial charge in [0.2, 0.25) is 0 Å². The summed E-state index contributed by atoms with van der Waals surface area (Å²) in [6.07, 6.45) is 2.06. The largest absolute Gasteiger partial charge is 0.383 e. The Morgan fingerprint density at radius 3 is 2.65 bits per heavy atom. The number of hydrogen-bond donors (Lipinski definition) is 3. The monoisotopic (exact) mass is 298 g/mol. The molecule has 0 aliphatic rings. The Bertz CT molecular complexity index is 402. The number of thiophene rings is 1. The summed E-state index contributed by atoms with van der Waals surface area (Å²) in [6.45, 7) is 8.26. The number of carbonyl (C=O) groups excluding carboxylic acids is 1.